The number of amides is 2. The Morgan fingerprint density at radius 3 is 2.00 bits per heavy atom. The minimum Gasteiger partial charge on any atom is -0.368 e. The van der Waals surface area contributed by atoms with Crippen LogP contribution < -0.4 is 4.90 Å². The summed E-state index contributed by atoms with van der Waals surface area (Å²) >= 11 is 6.02. The molecule has 0 radical (unpaired) electrons. The fourth-order valence-electron chi connectivity index (χ4n) is 4.10. The first-order valence-corrected chi connectivity index (χ1v) is 11.0. The van der Waals surface area contributed by atoms with Crippen molar-refractivity contribution in [2.24, 2.45) is 0 Å². The summed E-state index contributed by atoms with van der Waals surface area (Å²) in [4.78, 5) is 33.2. The lowest BCUT2D eigenvalue weighted by Gasteiger charge is -2.38. The number of nitrogens with zero attached hydrogens (tertiary/aromatic N) is 4. The number of benzene rings is 2. The van der Waals surface area contributed by atoms with E-state index >= 15 is 0 Å². The molecule has 2 saturated heterocycles. The highest BCUT2D eigenvalue weighted by molar-refractivity contribution is 6.33. The van der Waals surface area contributed by atoms with Gasteiger partial charge in [0.1, 0.15) is 11.6 Å². The standard InChI is InChI=1S/C23H25ClF2N4O2/c24-21-15-18(26)3-6-20(21)23(32)30-9-7-27(8-10-30)16-22(31)29-13-11-28(12-14-29)19-4-1-17(25)2-5-19/h1-6,15H,7-14,16H2. The number of anilines is 1. The molecule has 6 nitrogen and oxygen atoms in total. The molecule has 0 aromatic heterocycles. The molecule has 2 aromatic rings. The summed E-state index contributed by atoms with van der Waals surface area (Å²) in [5.74, 6) is -0.887. The summed E-state index contributed by atoms with van der Waals surface area (Å²) in [6.45, 7) is 5.12. The van der Waals surface area contributed by atoms with Crippen LogP contribution in [0.1, 0.15) is 10.4 Å². The zero-order valence-electron chi connectivity index (χ0n) is 17.6. The van der Waals surface area contributed by atoms with Gasteiger partial charge in [-0.1, -0.05) is 11.6 Å². The van der Waals surface area contributed by atoms with Crippen molar-refractivity contribution in [2.75, 3.05) is 63.8 Å². The smallest absolute Gasteiger partial charge is 0.255 e. The lowest BCUT2D eigenvalue weighted by Crippen LogP contribution is -2.54. The van der Waals surface area contributed by atoms with E-state index in [0.717, 1.165) is 11.8 Å². The highest BCUT2D eigenvalue weighted by Gasteiger charge is 2.27. The van der Waals surface area contributed by atoms with Gasteiger partial charge in [0.05, 0.1) is 17.1 Å². The van der Waals surface area contributed by atoms with E-state index < -0.39 is 5.82 Å². The van der Waals surface area contributed by atoms with E-state index in [4.69, 9.17) is 11.6 Å². The van der Waals surface area contributed by atoms with Gasteiger partial charge in [-0.05, 0) is 42.5 Å². The van der Waals surface area contributed by atoms with Crippen LogP contribution in [0.3, 0.4) is 0 Å². The first-order chi connectivity index (χ1) is 15.4. The monoisotopic (exact) mass is 462 g/mol. The molecule has 2 aromatic carbocycles. The van der Waals surface area contributed by atoms with Gasteiger partial charge in [-0.2, -0.15) is 0 Å². The first-order valence-electron chi connectivity index (χ1n) is 10.7. The Morgan fingerprint density at radius 2 is 1.38 bits per heavy atom. The summed E-state index contributed by atoms with van der Waals surface area (Å²) in [7, 11) is 0. The van der Waals surface area contributed by atoms with Crippen LogP contribution in [0.5, 0.6) is 0 Å². The SMILES string of the molecule is O=C(CN1CCN(C(=O)c2ccc(F)cc2Cl)CC1)N1CCN(c2ccc(F)cc2)CC1. The maximum atomic E-state index is 13.2. The summed E-state index contributed by atoms with van der Waals surface area (Å²) in [6.07, 6.45) is 0. The van der Waals surface area contributed by atoms with E-state index in [0.29, 0.717) is 58.9 Å². The zero-order valence-corrected chi connectivity index (χ0v) is 18.4. The molecule has 0 spiro atoms. The topological polar surface area (TPSA) is 47.1 Å². The first kappa shape index (κ1) is 22.5. The van der Waals surface area contributed by atoms with Gasteiger partial charge in [0.25, 0.3) is 5.91 Å². The van der Waals surface area contributed by atoms with Crippen LogP contribution in [0, 0.1) is 11.6 Å². The molecule has 2 heterocycles. The van der Waals surface area contributed by atoms with Gasteiger partial charge >= 0.3 is 0 Å². The molecule has 32 heavy (non-hydrogen) atoms. The maximum Gasteiger partial charge on any atom is 0.255 e. The molecule has 2 fully saturated rings. The van der Waals surface area contributed by atoms with Gasteiger partial charge in [0, 0.05) is 58.0 Å². The zero-order chi connectivity index (χ0) is 22.7. The third-order valence-electron chi connectivity index (χ3n) is 6.00. The Labute approximate surface area is 190 Å². The van der Waals surface area contributed by atoms with Crippen LogP contribution in [-0.2, 0) is 4.79 Å². The molecule has 2 aliphatic heterocycles. The molecule has 4 rings (SSSR count). The van der Waals surface area contributed by atoms with Gasteiger partial charge in [-0.3, -0.25) is 14.5 Å². The number of carbonyl (C=O) groups is 2. The Kier molecular flexibility index (Phi) is 6.91. The molecule has 0 atom stereocenters. The quantitative estimate of drug-likeness (QED) is 0.701. The highest BCUT2D eigenvalue weighted by atomic mass is 35.5. The second kappa shape index (κ2) is 9.83. The van der Waals surface area contributed by atoms with Crippen molar-refractivity contribution < 1.29 is 18.4 Å². The molecule has 0 unspecified atom stereocenters. The van der Waals surface area contributed by atoms with Crippen molar-refractivity contribution in [1.82, 2.24) is 14.7 Å². The minimum atomic E-state index is -0.478. The normalized spacial score (nSPS) is 17.5. The average molecular weight is 463 g/mol. The molecule has 0 bridgehead atoms. The van der Waals surface area contributed by atoms with E-state index in [1.807, 2.05) is 9.80 Å². The van der Waals surface area contributed by atoms with Crippen LogP contribution in [0.15, 0.2) is 42.5 Å². The Balaban J connectivity index is 1.23. The molecule has 170 valence electrons. The molecular formula is C23H25ClF2N4O2. The minimum absolute atomic E-state index is 0.0742. The fraction of sp³-hybridized carbons (Fsp3) is 0.391. The molecule has 0 N–H and O–H groups in total. The van der Waals surface area contributed by atoms with Crippen LogP contribution >= 0.6 is 11.6 Å². The molecule has 2 aliphatic rings. The predicted molar refractivity (Wildman–Crippen MR) is 119 cm³/mol. The highest BCUT2D eigenvalue weighted by Crippen LogP contribution is 2.20. The molecular weight excluding hydrogens is 438 g/mol. The van der Waals surface area contributed by atoms with Gasteiger partial charge in [0.2, 0.25) is 5.91 Å². The lowest BCUT2D eigenvalue weighted by molar-refractivity contribution is -0.133. The summed E-state index contributed by atoms with van der Waals surface area (Å²) in [6, 6.07) is 10.2. The van der Waals surface area contributed by atoms with Crippen LogP contribution in [-0.4, -0.2) is 85.4 Å². The number of carbonyl (C=O) groups excluding carboxylic acids is 2. The van der Waals surface area contributed by atoms with Gasteiger partial charge < -0.3 is 14.7 Å². The lowest BCUT2D eigenvalue weighted by atomic mass is 10.1. The summed E-state index contributed by atoms with van der Waals surface area (Å²) in [5, 5.41) is 0.104. The van der Waals surface area contributed by atoms with E-state index in [1.165, 1.54) is 24.3 Å². The number of hydrogen-bond acceptors (Lipinski definition) is 4. The van der Waals surface area contributed by atoms with E-state index in [1.54, 1.807) is 17.0 Å². The second-order valence-corrected chi connectivity index (χ2v) is 8.44. The fourth-order valence-corrected chi connectivity index (χ4v) is 4.35. The second-order valence-electron chi connectivity index (χ2n) is 8.04. The van der Waals surface area contributed by atoms with E-state index in [9.17, 15) is 18.4 Å². The van der Waals surface area contributed by atoms with Crippen molar-refractivity contribution >= 4 is 29.1 Å². The number of halogens is 3. The Morgan fingerprint density at radius 1 is 0.781 bits per heavy atom. The van der Waals surface area contributed by atoms with Crippen molar-refractivity contribution in [3.05, 3.63) is 64.7 Å². The molecule has 2 amide bonds. The van der Waals surface area contributed by atoms with Crippen LogP contribution in [0.25, 0.3) is 0 Å². The van der Waals surface area contributed by atoms with Crippen molar-refractivity contribution in [2.45, 2.75) is 0 Å². The molecule has 0 saturated carbocycles. The number of hydrogen-bond donors (Lipinski definition) is 0. The largest absolute Gasteiger partial charge is 0.368 e. The third-order valence-corrected chi connectivity index (χ3v) is 6.32. The van der Waals surface area contributed by atoms with Gasteiger partial charge in [-0.25, -0.2) is 8.78 Å². The van der Waals surface area contributed by atoms with Crippen molar-refractivity contribution in [3.8, 4) is 0 Å². The summed E-state index contributed by atoms with van der Waals surface area (Å²) < 4.78 is 26.3. The number of rotatable bonds is 4. The van der Waals surface area contributed by atoms with Crippen molar-refractivity contribution in [3.63, 3.8) is 0 Å². The molecule has 0 aliphatic carbocycles. The van der Waals surface area contributed by atoms with Crippen LogP contribution in [0.2, 0.25) is 5.02 Å². The Hall–Kier alpha value is -2.71. The summed E-state index contributed by atoms with van der Waals surface area (Å²) in [5.41, 5.74) is 1.25. The van der Waals surface area contributed by atoms with Gasteiger partial charge in [-0.15, -0.1) is 0 Å². The predicted octanol–water partition coefficient (Wildman–Crippen LogP) is 2.72. The average Bonchev–Trinajstić information content (AvgIpc) is 2.80. The maximum absolute atomic E-state index is 13.2. The number of piperazine rings is 2. The van der Waals surface area contributed by atoms with Crippen LogP contribution in [0.4, 0.5) is 14.5 Å². The van der Waals surface area contributed by atoms with E-state index in [-0.39, 0.29) is 28.2 Å². The third kappa shape index (κ3) is 5.19. The van der Waals surface area contributed by atoms with Crippen molar-refractivity contribution in [1.29, 1.82) is 0 Å². The van der Waals surface area contributed by atoms with Gasteiger partial charge in [0.15, 0.2) is 0 Å². The Bertz CT molecular complexity index is 972. The van der Waals surface area contributed by atoms with E-state index in [2.05, 4.69) is 4.90 Å². The molecule has 9 heteroatoms.